The van der Waals surface area contributed by atoms with Gasteiger partial charge in [-0.15, -0.1) is 35.0 Å². The van der Waals surface area contributed by atoms with Gasteiger partial charge in [-0.2, -0.15) is 0 Å². The lowest BCUT2D eigenvalue weighted by molar-refractivity contribution is 0.101. The second-order valence-electron chi connectivity index (χ2n) is 7.34. The second-order valence-corrected chi connectivity index (χ2v) is 7.34. The van der Waals surface area contributed by atoms with Gasteiger partial charge < -0.3 is 4.57 Å². The van der Waals surface area contributed by atoms with Crippen LogP contribution in [0.1, 0.15) is 39.5 Å². The van der Waals surface area contributed by atoms with Gasteiger partial charge in [0.25, 0.3) is 0 Å². The molecule has 2 aromatic heterocycles. The number of fused-ring (bicyclic) bond motifs is 1. The Hall–Kier alpha value is -1.56. The summed E-state index contributed by atoms with van der Waals surface area (Å²) in [5.41, 5.74) is 2.39. The van der Waals surface area contributed by atoms with Crippen LogP contribution in [0.25, 0.3) is 16.6 Å². The first kappa shape index (κ1) is 21.7. The molecule has 5 nitrogen and oxygen atoms in total. The van der Waals surface area contributed by atoms with Crippen molar-refractivity contribution in [3.8, 4) is 5.69 Å². The molecule has 7 heteroatoms. The number of hydrogen-bond acceptors (Lipinski definition) is 3. The quantitative estimate of drug-likeness (QED) is 0.611. The number of aryl methyl sites for hydroxylation is 1. The maximum absolute atomic E-state index is 3.90. The van der Waals surface area contributed by atoms with Crippen molar-refractivity contribution in [2.24, 2.45) is 0 Å². The lowest BCUT2D eigenvalue weighted by atomic mass is 9.97. The number of aromatic nitrogens is 4. The normalized spacial score (nSPS) is 20.2. The standard InChI is InChI=1S/C20H27N5.2ClH/c1-16-5-3-6-17(2)25(16)11-4-10-23-12-9-18-7-8-19(13-20(18)23)24-14-21-22-15-24;;/h7-9,12-17H,3-6,10-11H2,1-2H3;2*1H. The number of likely N-dealkylation sites (tertiary alicyclic amines) is 1. The van der Waals surface area contributed by atoms with Crippen molar-refractivity contribution in [2.45, 2.75) is 58.2 Å². The molecule has 0 N–H and O–H groups in total. The van der Waals surface area contributed by atoms with E-state index >= 15 is 0 Å². The van der Waals surface area contributed by atoms with Crippen LogP contribution >= 0.6 is 24.8 Å². The topological polar surface area (TPSA) is 38.9 Å². The predicted molar refractivity (Wildman–Crippen MR) is 115 cm³/mol. The van der Waals surface area contributed by atoms with Gasteiger partial charge in [-0.3, -0.25) is 9.47 Å². The average molecular weight is 410 g/mol. The SMILES string of the molecule is CC1CCCC(C)N1CCCn1ccc2ccc(-n3cnnc3)cc21.Cl.Cl. The first-order valence-corrected chi connectivity index (χ1v) is 9.42. The minimum atomic E-state index is 0. The minimum absolute atomic E-state index is 0. The third-order valence-electron chi connectivity index (χ3n) is 5.67. The van der Waals surface area contributed by atoms with E-state index < -0.39 is 0 Å². The molecule has 1 aromatic carbocycles. The summed E-state index contributed by atoms with van der Waals surface area (Å²) in [7, 11) is 0. The monoisotopic (exact) mass is 409 g/mol. The lowest BCUT2D eigenvalue weighted by Gasteiger charge is -2.39. The summed E-state index contributed by atoms with van der Waals surface area (Å²) in [5.74, 6) is 0. The highest BCUT2D eigenvalue weighted by Gasteiger charge is 2.23. The molecule has 3 aromatic rings. The Kier molecular flexibility index (Phi) is 7.71. The van der Waals surface area contributed by atoms with E-state index in [1.807, 2.05) is 4.57 Å². The van der Waals surface area contributed by atoms with Gasteiger partial charge in [-0.1, -0.05) is 12.5 Å². The van der Waals surface area contributed by atoms with Crippen molar-refractivity contribution in [1.29, 1.82) is 0 Å². The first-order valence-electron chi connectivity index (χ1n) is 9.42. The van der Waals surface area contributed by atoms with Crippen LogP contribution in [0.4, 0.5) is 0 Å². The maximum atomic E-state index is 3.90. The van der Waals surface area contributed by atoms with Gasteiger partial charge >= 0.3 is 0 Å². The van der Waals surface area contributed by atoms with Gasteiger partial charge in [0.2, 0.25) is 0 Å². The van der Waals surface area contributed by atoms with Crippen molar-refractivity contribution < 1.29 is 0 Å². The number of nitrogens with zero attached hydrogens (tertiary/aromatic N) is 5. The van der Waals surface area contributed by atoms with Crippen molar-refractivity contribution in [3.63, 3.8) is 0 Å². The summed E-state index contributed by atoms with van der Waals surface area (Å²) in [5, 5.41) is 9.10. The molecule has 0 amide bonds. The molecular weight excluding hydrogens is 381 g/mol. The highest BCUT2D eigenvalue weighted by molar-refractivity contribution is 5.85. The van der Waals surface area contributed by atoms with Crippen LogP contribution in [0.3, 0.4) is 0 Å². The Balaban J connectivity index is 0.00000131. The Morgan fingerprint density at radius 1 is 0.963 bits per heavy atom. The molecule has 27 heavy (non-hydrogen) atoms. The zero-order valence-corrected chi connectivity index (χ0v) is 17.6. The third kappa shape index (κ3) is 4.65. The van der Waals surface area contributed by atoms with Crippen LogP contribution in [0.15, 0.2) is 43.1 Å². The molecule has 0 saturated carbocycles. The Bertz CT molecular complexity index is 820. The van der Waals surface area contributed by atoms with Crippen molar-refractivity contribution in [1.82, 2.24) is 24.2 Å². The van der Waals surface area contributed by atoms with Crippen molar-refractivity contribution >= 4 is 35.7 Å². The molecule has 1 fully saturated rings. The van der Waals surface area contributed by atoms with Gasteiger partial charge in [0.1, 0.15) is 12.7 Å². The molecule has 0 radical (unpaired) electrons. The maximum Gasteiger partial charge on any atom is 0.123 e. The van der Waals surface area contributed by atoms with E-state index in [0.29, 0.717) is 0 Å². The first-order chi connectivity index (χ1) is 12.2. The summed E-state index contributed by atoms with van der Waals surface area (Å²) in [6.45, 7) is 7.01. The van der Waals surface area contributed by atoms with Crippen LogP contribution in [-0.2, 0) is 6.54 Å². The number of benzene rings is 1. The van der Waals surface area contributed by atoms with Crippen LogP contribution in [-0.4, -0.2) is 42.9 Å². The number of piperidine rings is 1. The molecule has 2 atom stereocenters. The van der Waals surface area contributed by atoms with Crippen molar-refractivity contribution in [2.75, 3.05) is 6.54 Å². The van der Waals surface area contributed by atoms with E-state index in [9.17, 15) is 0 Å². The highest BCUT2D eigenvalue weighted by atomic mass is 35.5. The van der Waals surface area contributed by atoms with Crippen LogP contribution in [0, 0.1) is 0 Å². The van der Waals surface area contributed by atoms with Gasteiger partial charge in [-0.25, -0.2) is 0 Å². The Morgan fingerprint density at radius 3 is 2.37 bits per heavy atom. The van der Waals surface area contributed by atoms with E-state index in [2.05, 4.69) is 64.0 Å². The molecule has 0 spiro atoms. The predicted octanol–water partition coefficient (Wildman–Crippen LogP) is 4.72. The summed E-state index contributed by atoms with van der Waals surface area (Å²) < 4.78 is 4.33. The molecule has 0 aliphatic carbocycles. The van der Waals surface area contributed by atoms with E-state index in [1.54, 1.807) is 12.7 Å². The van der Waals surface area contributed by atoms with E-state index in [1.165, 1.54) is 43.1 Å². The Morgan fingerprint density at radius 2 is 1.67 bits per heavy atom. The highest BCUT2D eigenvalue weighted by Crippen LogP contribution is 2.23. The van der Waals surface area contributed by atoms with Gasteiger partial charge in [0.15, 0.2) is 0 Å². The van der Waals surface area contributed by atoms with Crippen LogP contribution in [0.5, 0.6) is 0 Å². The average Bonchev–Trinajstić information content (AvgIpc) is 3.27. The summed E-state index contributed by atoms with van der Waals surface area (Å²) in [6, 6.07) is 10.2. The summed E-state index contributed by atoms with van der Waals surface area (Å²) in [6.07, 6.45) is 11.0. The van der Waals surface area contributed by atoms with Gasteiger partial charge in [-0.05, 0) is 56.7 Å². The van der Waals surface area contributed by atoms with E-state index in [4.69, 9.17) is 0 Å². The molecule has 148 valence electrons. The second kappa shape index (κ2) is 9.58. The van der Waals surface area contributed by atoms with Crippen LogP contribution < -0.4 is 0 Å². The smallest absolute Gasteiger partial charge is 0.123 e. The number of halogens is 2. The minimum Gasteiger partial charge on any atom is -0.347 e. The molecular formula is C20H29Cl2N5. The fraction of sp³-hybridized carbons (Fsp3) is 0.500. The number of rotatable bonds is 5. The summed E-state index contributed by atoms with van der Waals surface area (Å²) in [4.78, 5) is 2.69. The van der Waals surface area contributed by atoms with Gasteiger partial charge in [0, 0.05) is 31.4 Å². The van der Waals surface area contributed by atoms with Crippen LogP contribution in [0.2, 0.25) is 0 Å². The molecule has 0 bridgehead atoms. The summed E-state index contributed by atoms with van der Waals surface area (Å²) >= 11 is 0. The molecule has 3 heterocycles. The van der Waals surface area contributed by atoms with E-state index in [-0.39, 0.29) is 24.8 Å². The Labute approximate surface area is 173 Å². The molecule has 1 aliphatic heterocycles. The molecule has 1 aliphatic rings. The van der Waals surface area contributed by atoms with Gasteiger partial charge in [0.05, 0.1) is 11.2 Å². The molecule has 4 rings (SSSR count). The zero-order valence-electron chi connectivity index (χ0n) is 16.0. The van der Waals surface area contributed by atoms with E-state index in [0.717, 1.165) is 24.3 Å². The molecule has 1 saturated heterocycles. The fourth-order valence-electron chi connectivity index (χ4n) is 4.20. The number of hydrogen-bond donors (Lipinski definition) is 0. The zero-order chi connectivity index (χ0) is 17.2. The van der Waals surface area contributed by atoms with Crippen molar-refractivity contribution in [3.05, 3.63) is 43.1 Å². The fourth-order valence-corrected chi connectivity index (χ4v) is 4.20. The molecule has 2 unspecified atom stereocenters. The largest absolute Gasteiger partial charge is 0.347 e. The third-order valence-corrected chi connectivity index (χ3v) is 5.67. The lowest BCUT2D eigenvalue weighted by Crippen LogP contribution is -2.44.